The van der Waals surface area contributed by atoms with Crippen LogP contribution >= 0.6 is 0 Å². The Balaban J connectivity index is 1.49. The number of pyridine rings is 1. The minimum Gasteiger partial charge on any atom is -0.497 e. The Labute approximate surface area is 162 Å². The number of hydrogen-bond donors (Lipinski definition) is 2. The third kappa shape index (κ3) is 4.85. The second kappa shape index (κ2) is 8.98. The molecule has 4 amide bonds. The van der Waals surface area contributed by atoms with E-state index in [1.165, 1.54) is 0 Å². The molecule has 2 aromatic rings. The van der Waals surface area contributed by atoms with Crippen molar-refractivity contribution < 1.29 is 19.1 Å². The van der Waals surface area contributed by atoms with Crippen molar-refractivity contribution in [3.63, 3.8) is 0 Å². The molecule has 0 aliphatic carbocycles. The molecule has 146 valence electrons. The number of rotatable bonds is 8. The van der Waals surface area contributed by atoms with Gasteiger partial charge in [-0.05, 0) is 29.8 Å². The highest BCUT2D eigenvalue weighted by molar-refractivity contribution is 6.05. The average molecular weight is 382 g/mol. The molecule has 0 bridgehead atoms. The number of carbonyl (C=O) groups excluding carboxylic acids is 3. The van der Waals surface area contributed by atoms with E-state index in [1.54, 1.807) is 37.6 Å². The number of amides is 4. The van der Waals surface area contributed by atoms with Crippen molar-refractivity contribution in [1.82, 2.24) is 20.5 Å². The Morgan fingerprint density at radius 1 is 1.21 bits per heavy atom. The van der Waals surface area contributed by atoms with Crippen LogP contribution in [-0.4, -0.2) is 47.4 Å². The number of urea groups is 1. The highest BCUT2D eigenvalue weighted by Gasteiger charge is 2.38. The molecule has 1 aliphatic heterocycles. The number of aromatic nitrogens is 1. The molecule has 28 heavy (non-hydrogen) atoms. The normalized spacial score (nSPS) is 16.0. The molecule has 3 rings (SSSR count). The molecule has 1 aromatic carbocycles. The van der Waals surface area contributed by atoms with Crippen LogP contribution in [0.25, 0.3) is 0 Å². The fourth-order valence-electron chi connectivity index (χ4n) is 2.91. The zero-order valence-corrected chi connectivity index (χ0v) is 15.6. The van der Waals surface area contributed by atoms with E-state index in [4.69, 9.17) is 4.74 Å². The van der Waals surface area contributed by atoms with Crippen LogP contribution in [0.15, 0.2) is 48.7 Å². The summed E-state index contributed by atoms with van der Waals surface area (Å²) in [6.07, 6.45) is 2.20. The van der Waals surface area contributed by atoms with Crippen molar-refractivity contribution in [2.45, 2.75) is 25.4 Å². The number of methoxy groups -OCH3 is 1. The summed E-state index contributed by atoms with van der Waals surface area (Å²) in [5, 5.41) is 5.33. The van der Waals surface area contributed by atoms with Crippen molar-refractivity contribution in [3.8, 4) is 5.75 Å². The lowest BCUT2D eigenvalue weighted by Crippen LogP contribution is -2.37. The van der Waals surface area contributed by atoms with Gasteiger partial charge in [-0.25, -0.2) is 4.79 Å². The summed E-state index contributed by atoms with van der Waals surface area (Å²) in [5.74, 6) is 0.00257. The lowest BCUT2D eigenvalue weighted by Gasteiger charge is -2.13. The molecule has 1 saturated heterocycles. The van der Waals surface area contributed by atoms with Crippen LogP contribution in [-0.2, 0) is 22.6 Å². The third-order valence-corrected chi connectivity index (χ3v) is 4.43. The summed E-state index contributed by atoms with van der Waals surface area (Å²) in [5.41, 5.74) is 1.67. The Kier molecular flexibility index (Phi) is 6.21. The molecule has 2 N–H and O–H groups in total. The Bertz CT molecular complexity index is 839. The van der Waals surface area contributed by atoms with Crippen molar-refractivity contribution in [1.29, 1.82) is 0 Å². The van der Waals surface area contributed by atoms with Crippen LogP contribution in [0.2, 0.25) is 0 Å². The molecule has 8 heteroatoms. The maximum atomic E-state index is 12.5. The first-order chi connectivity index (χ1) is 13.6. The lowest BCUT2D eigenvalue weighted by molar-refractivity contribution is -0.131. The highest BCUT2D eigenvalue weighted by Crippen LogP contribution is 2.17. The van der Waals surface area contributed by atoms with E-state index in [9.17, 15) is 14.4 Å². The predicted octanol–water partition coefficient (Wildman–Crippen LogP) is 1.26. The van der Waals surface area contributed by atoms with Gasteiger partial charge < -0.3 is 15.4 Å². The standard InChI is InChI=1S/C20H22N4O4/c1-28-16-7-5-14(6-8-16)13-24-19(26)17(23-20(24)27)12-18(25)22-11-9-15-4-2-3-10-21-15/h2-8,10,17H,9,11-13H2,1H3,(H,22,25)(H,23,27). The summed E-state index contributed by atoms with van der Waals surface area (Å²) in [4.78, 5) is 42.0. The monoisotopic (exact) mass is 382 g/mol. The van der Waals surface area contributed by atoms with E-state index < -0.39 is 18.0 Å². The van der Waals surface area contributed by atoms with Gasteiger partial charge in [0.25, 0.3) is 5.91 Å². The molecule has 1 fully saturated rings. The van der Waals surface area contributed by atoms with E-state index in [0.29, 0.717) is 18.7 Å². The summed E-state index contributed by atoms with van der Waals surface area (Å²) in [6, 6.07) is 11.4. The minimum atomic E-state index is -0.847. The quantitative estimate of drug-likeness (QED) is 0.670. The predicted molar refractivity (Wildman–Crippen MR) is 101 cm³/mol. The number of imide groups is 1. The second-order valence-corrected chi connectivity index (χ2v) is 6.40. The Morgan fingerprint density at radius 2 is 2.00 bits per heavy atom. The average Bonchev–Trinajstić information content (AvgIpc) is 2.96. The Morgan fingerprint density at radius 3 is 2.68 bits per heavy atom. The topological polar surface area (TPSA) is 101 Å². The first-order valence-electron chi connectivity index (χ1n) is 8.98. The zero-order valence-electron chi connectivity index (χ0n) is 15.6. The summed E-state index contributed by atoms with van der Waals surface area (Å²) >= 11 is 0. The van der Waals surface area contributed by atoms with Crippen molar-refractivity contribution in [2.24, 2.45) is 0 Å². The fourth-order valence-corrected chi connectivity index (χ4v) is 2.91. The molecule has 0 spiro atoms. The second-order valence-electron chi connectivity index (χ2n) is 6.40. The fraction of sp³-hybridized carbons (Fsp3) is 0.300. The van der Waals surface area contributed by atoms with Gasteiger partial charge >= 0.3 is 6.03 Å². The van der Waals surface area contributed by atoms with Crippen LogP contribution in [0, 0.1) is 0 Å². The van der Waals surface area contributed by atoms with E-state index in [-0.39, 0.29) is 18.9 Å². The lowest BCUT2D eigenvalue weighted by atomic mass is 10.1. The van der Waals surface area contributed by atoms with E-state index in [0.717, 1.165) is 16.2 Å². The number of benzene rings is 1. The van der Waals surface area contributed by atoms with E-state index >= 15 is 0 Å². The molecular formula is C20H22N4O4. The van der Waals surface area contributed by atoms with Gasteiger partial charge in [0.15, 0.2) is 0 Å². The molecule has 2 heterocycles. The first-order valence-corrected chi connectivity index (χ1v) is 8.98. The minimum absolute atomic E-state index is 0.0914. The molecular weight excluding hydrogens is 360 g/mol. The third-order valence-electron chi connectivity index (χ3n) is 4.43. The van der Waals surface area contributed by atoms with Crippen LogP contribution in [0.3, 0.4) is 0 Å². The maximum Gasteiger partial charge on any atom is 0.325 e. The SMILES string of the molecule is COc1ccc(CN2C(=O)NC(CC(=O)NCCc3ccccn3)C2=O)cc1. The van der Waals surface area contributed by atoms with Gasteiger partial charge in [0.05, 0.1) is 20.1 Å². The van der Waals surface area contributed by atoms with Gasteiger partial charge in [-0.1, -0.05) is 18.2 Å². The number of nitrogens with zero attached hydrogens (tertiary/aromatic N) is 2. The molecule has 1 atom stereocenters. The number of ether oxygens (including phenoxy) is 1. The van der Waals surface area contributed by atoms with Gasteiger partial charge in [-0.15, -0.1) is 0 Å². The molecule has 1 aromatic heterocycles. The van der Waals surface area contributed by atoms with Crippen molar-refractivity contribution in [2.75, 3.05) is 13.7 Å². The summed E-state index contributed by atoms with van der Waals surface area (Å²) in [6.45, 7) is 0.562. The molecule has 0 saturated carbocycles. The van der Waals surface area contributed by atoms with Gasteiger partial charge in [0.1, 0.15) is 11.8 Å². The molecule has 8 nitrogen and oxygen atoms in total. The Hall–Kier alpha value is -3.42. The maximum absolute atomic E-state index is 12.5. The summed E-state index contributed by atoms with van der Waals surface area (Å²) in [7, 11) is 1.57. The van der Waals surface area contributed by atoms with Crippen LogP contribution < -0.4 is 15.4 Å². The van der Waals surface area contributed by atoms with Crippen molar-refractivity contribution in [3.05, 3.63) is 59.9 Å². The zero-order chi connectivity index (χ0) is 19.9. The van der Waals surface area contributed by atoms with E-state index in [1.807, 2.05) is 18.2 Å². The highest BCUT2D eigenvalue weighted by atomic mass is 16.5. The smallest absolute Gasteiger partial charge is 0.325 e. The number of hydrogen-bond acceptors (Lipinski definition) is 5. The summed E-state index contributed by atoms with van der Waals surface area (Å²) < 4.78 is 5.09. The van der Waals surface area contributed by atoms with Gasteiger partial charge in [-0.2, -0.15) is 0 Å². The molecule has 1 unspecified atom stereocenters. The number of nitrogens with one attached hydrogen (secondary N) is 2. The first kappa shape index (κ1) is 19.3. The van der Waals surface area contributed by atoms with Crippen LogP contribution in [0.5, 0.6) is 5.75 Å². The molecule has 1 aliphatic rings. The molecule has 0 radical (unpaired) electrons. The van der Waals surface area contributed by atoms with Gasteiger partial charge in [-0.3, -0.25) is 19.5 Å². The van der Waals surface area contributed by atoms with Gasteiger partial charge in [0, 0.05) is 24.9 Å². The largest absolute Gasteiger partial charge is 0.497 e. The number of carbonyl (C=O) groups is 3. The van der Waals surface area contributed by atoms with E-state index in [2.05, 4.69) is 15.6 Å². The van der Waals surface area contributed by atoms with Crippen LogP contribution in [0.1, 0.15) is 17.7 Å². The van der Waals surface area contributed by atoms with Crippen LogP contribution in [0.4, 0.5) is 4.79 Å². The van der Waals surface area contributed by atoms with Crippen molar-refractivity contribution >= 4 is 17.8 Å². The van der Waals surface area contributed by atoms with Gasteiger partial charge in [0.2, 0.25) is 5.91 Å².